The second-order valence-corrected chi connectivity index (χ2v) is 6.01. The fraction of sp³-hybridized carbons (Fsp3) is 0.353. The van der Waals surface area contributed by atoms with Gasteiger partial charge in [-0.15, -0.1) is 0 Å². The van der Waals surface area contributed by atoms with Gasteiger partial charge < -0.3 is 4.90 Å². The highest BCUT2D eigenvalue weighted by Crippen LogP contribution is 2.32. The summed E-state index contributed by atoms with van der Waals surface area (Å²) < 4.78 is 1.90. The maximum Gasteiger partial charge on any atom is 0.157 e. The second kappa shape index (κ2) is 4.80. The van der Waals surface area contributed by atoms with E-state index in [1.807, 2.05) is 24.7 Å². The molecular weight excluding hydrogens is 274 g/mol. The quantitative estimate of drug-likeness (QED) is 0.854. The van der Waals surface area contributed by atoms with E-state index in [0.717, 1.165) is 41.7 Å². The predicted molar refractivity (Wildman–Crippen MR) is 87.9 cm³/mol. The minimum Gasteiger partial charge on any atom is -0.310 e. The molecule has 22 heavy (non-hydrogen) atoms. The van der Waals surface area contributed by atoms with Crippen LogP contribution in [0.25, 0.3) is 0 Å². The van der Waals surface area contributed by atoms with E-state index in [0.29, 0.717) is 0 Å². The number of hydrogen-bond donors (Lipinski definition) is 0. The molecule has 2 aromatic rings. The Hall–Kier alpha value is -2.43. The largest absolute Gasteiger partial charge is 0.310 e. The Labute approximate surface area is 130 Å². The molecule has 0 fully saturated rings. The highest BCUT2D eigenvalue weighted by molar-refractivity contribution is 6.16. The highest BCUT2D eigenvalue weighted by atomic mass is 15.4. The molecule has 112 valence electrons. The van der Waals surface area contributed by atoms with Crippen LogP contribution in [0.3, 0.4) is 0 Å². The van der Waals surface area contributed by atoms with Crippen molar-refractivity contribution in [1.82, 2.24) is 14.7 Å². The van der Waals surface area contributed by atoms with E-state index in [2.05, 4.69) is 41.2 Å². The van der Waals surface area contributed by atoms with Crippen molar-refractivity contribution in [1.29, 1.82) is 0 Å². The van der Waals surface area contributed by atoms with E-state index in [-0.39, 0.29) is 6.04 Å². The fourth-order valence-electron chi connectivity index (χ4n) is 3.22. The molecule has 1 aromatic heterocycles. The number of benzene rings is 1. The molecule has 0 aliphatic carbocycles. The number of amidine groups is 2. The van der Waals surface area contributed by atoms with E-state index in [1.54, 1.807) is 0 Å². The second-order valence-electron chi connectivity index (χ2n) is 6.01. The lowest BCUT2D eigenvalue weighted by Gasteiger charge is -2.26. The van der Waals surface area contributed by atoms with E-state index >= 15 is 0 Å². The summed E-state index contributed by atoms with van der Waals surface area (Å²) in [6.07, 6.45) is 0.820. The van der Waals surface area contributed by atoms with Gasteiger partial charge in [0.2, 0.25) is 0 Å². The Balaban J connectivity index is 1.82. The number of aromatic nitrogens is 2. The zero-order valence-electron chi connectivity index (χ0n) is 13.1. The van der Waals surface area contributed by atoms with Crippen LogP contribution in [0.1, 0.15) is 23.9 Å². The molecule has 0 saturated carbocycles. The number of aliphatic imine (C=N–C) groups is 2. The van der Waals surface area contributed by atoms with Crippen LogP contribution in [0.15, 0.2) is 40.3 Å². The maximum absolute atomic E-state index is 4.92. The van der Waals surface area contributed by atoms with Gasteiger partial charge in [0.25, 0.3) is 0 Å². The first-order valence-corrected chi connectivity index (χ1v) is 7.64. The minimum atomic E-state index is 0.289. The first-order valence-electron chi connectivity index (χ1n) is 7.64. The van der Waals surface area contributed by atoms with Gasteiger partial charge in [-0.2, -0.15) is 5.10 Å². The SMILES string of the molecule is Cc1nn(C)c2c1N=C(Cc1ccccc1)N1CC(C)N=C21. The van der Waals surface area contributed by atoms with Crippen molar-refractivity contribution in [3.8, 4) is 0 Å². The predicted octanol–water partition coefficient (Wildman–Crippen LogP) is 2.47. The summed E-state index contributed by atoms with van der Waals surface area (Å²) in [5.41, 5.74) is 4.24. The first-order chi connectivity index (χ1) is 10.6. The van der Waals surface area contributed by atoms with E-state index in [1.165, 1.54) is 5.56 Å². The topological polar surface area (TPSA) is 45.8 Å². The molecule has 0 N–H and O–H groups in total. The highest BCUT2D eigenvalue weighted by Gasteiger charge is 2.35. The number of rotatable bonds is 2. The van der Waals surface area contributed by atoms with Gasteiger partial charge >= 0.3 is 0 Å². The monoisotopic (exact) mass is 293 g/mol. The standard InChI is InChI=1S/C17H19N5/c1-11-10-22-14(9-13-7-5-4-6-8-13)19-15-12(2)20-21(3)16(15)17(22)18-11/h4-8,11H,9-10H2,1-3H3. The van der Waals surface area contributed by atoms with Gasteiger partial charge in [-0.05, 0) is 19.4 Å². The Morgan fingerprint density at radius 3 is 2.77 bits per heavy atom. The summed E-state index contributed by atoms with van der Waals surface area (Å²) in [6, 6.07) is 10.8. The van der Waals surface area contributed by atoms with Crippen molar-refractivity contribution in [2.45, 2.75) is 26.3 Å². The van der Waals surface area contributed by atoms with E-state index < -0.39 is 0 Å². The summed E-state index contributed by atoms with van der Waals surface area (Å²) in [5, 5.41) is 4.52. The molecule has 3 heterocycles. The van der Waals surface area contributed by atoms with Crippen LogP contribution < -0.4 is 0 Å². The third-order valence-electron chi connectivity index (χ3n) is 4.21. The summed E-state index contributed by atoms with van der Waals surface area (Å²) in [4.78, 5) is 12.0. The summed E-state index contributed by atoms with van der Waals surface area (Å²) in [6.45, 7) is 5.05. The van der Waals surface area contributed by atoms with Crippen LogP contribution in [-0.4, -0.2) is 38.9 Å². The molecule has 5 heteroatoms. The van der Waals surface area contributed by atoms with E-state index in [9.17, 15) is 0 Å². The fourth-order valence-corrected chi connectivity index (χ4v) is 3.22. The van der Waals surface area contributed by atoms with Gasteiger partial charge in [0, 0.05) is 20.0 Å². The van der Waals surface area contributed by atoms with E-state index in [4.69, 9.17) is 9.98 Å². The molecule has 0 amide bonds. The Morgan fingerprint density at radius 2 is 2.00 bits per heavy atom. The molecule has 1 aromatic carbocycles. The van der Waals surface area contributed by atoms with Crippen LogP contribution in [-0.2, 0) is 13.5 Å². The molecule has 2 aliphatic rings. The van der Waals surface area contributed by atoms with Crippen molar-refractivity contribution in [2.24, 2.45) is 17.0 Å². The van der Waals surface area contributed by atoms with Gasteiger partial charge in [-0.1, -0.05) is 30.3 Å². The van der Waals surface area contributed by atoms with Gasteiger partial charge in [-0.25, -0.2) is 4.99 Å². The lowest BCUT2D eigenvalue weighted by Crippen LogP contribution is -2.39. The molecule has 2 aliphatic heterocycles. The van der Waals surface area contributed by atoms with Crippen molar-refractivity contribution in [3.05, 3.63) is 47.3 Å². The average Bonchev–Trinajstić information content (AvgIpc) is 3.01. The summed E-state index contributed by atoms with van der Waals surface area (Å²) in [7, 11) is 1.97. The van der Waals surface area contributed by atoms with Crippen LogP contribution in [0, 0.1) is 6.92 Å². The number of nitrogens with zero attached hydrogens (tertiary/aromatic N) is 5. The smallest absolute Gasteiger partial charge is 0.157 e. The maximum atomic E-state index is 4.92. The van der Waals surface area contributed by atoms with Gasteiger partial charge in [-0.3, -0.25) is 9.67 Å². The summed E-state index contributed by atoms with van der Waals surface area (Å²) >= 11 is 0. The minimum absolute atomic E-state index is 0.289. The molecule has 0 bridgehead atoms. The lowest BCUT2D eigenvalue weighted by atomic mass is 10.1. The van der Waals surface area contributed by atoms with Gasteiger partial charge in [0.1, 0.15) is 17.2 Å². The molecule has 1 unspecified atom stereocenters. The van der Waals surface area contributed by atoms with Gasteiger partial charge in [0.05, 0.1) is 11.7 Å². The Kier molecular flexibility index (Phi) is 2.89. The number of hydrogen-bond acceptors (Lipinski definition) is 4. The number of fused-ring (bicyclic) bond motifs is 3. The van der Waals surface area contributed by atoms with Crippen LogP contribution in [0.2, 0.25) is 0 Å². The molecule has 1 atom stereocenters. The van der Waals surface area contributed by atoms with Crippen LogP contribution >= 0.6 is 0 Å². The van der Waals surface area contributed by atoms with Crippen molar-refractivity contribution < 1.29 is 0 Å². The summed E-state index contributed by atoms with van der Waals surface area (Å²) in [5.74, 6) is 2.09. The van der Waals surface area contributed by atoms with Crippen LogP contribution in [0.5, 0.6) is 0 Å². The molecule has 5 nitrogen and oxygen atoms in total. The molecule has 0 saturated heterocycles. The third-order valence-corrected chi connectivity index (χ3v) is 4.21. The molecule has 0 spiro atoms. The lowest BCUT2D eigenvalue weighted by molar-refractivity contribution is 0.584. The van der Waals surface area contributed by atoms with Crippen LogP contribution in [0.4, 0.5) is 5.69 Å². The normalized spacial score (nSPS) is 19.6. The molecular formula is C17H19N5. The average molecular weight is 293 g/mol. The zero-order valence-corrected chi connectivity index (χ0v) is 13.1. The number of aryl methyl sites for hydroxylation is 2. The van der Waals surface area contributed by atoms with Crippen molar-refractivity contribution >= 4 is 17.4 Å². The first kappa shape index (κ1) is 13.2. The third kappa shape index (κ3) is 1.96. The zero-order chi connectivity index (χ0) is 15.3. The molecule has 0 radical (unpaired) electrons. The molecule has 4 rings (SSSR count). The van der Waals surface area contributed by atoms with Crippen molar-refractivity contribution in [3.63, 3.8) is 0 Å². The van der Waals surface area contributed by atoms with Gasteiger partial charge in [0.15, 0.2) is 5.84 Å². The Bertz CT molecular complexity index is 785. The Morgan fingerprint density at radius 1 is 1.23 bits per heavy atom. The van der Waals surface area contributed by atoms with Crippen molar-refractivity contribution in [2.75, 3.05) is 6.54 Å².